The summed E-state index contributed by atoms with van der Waals surface area (Å²) in [5.41, 5.74) is 6.65. The highest BCUT2D eigenvalue weighted by Gasteiger charge is 2.47. The molecule has 1 aliphatic heterocycles. The fourth-order valence-electron chi connectivity index (χ4n) is 2.65. The number of rotatable bonds is 3. The van der Waals surface area contributed by atoms with E-state index in [-0.39, 0.29) is 25.4 Å². The van der Waals surface area contributed by atoms with E-state index in [1.54, 1.807) is 0 Å². The van der Waals surface area contributed by atoms with E-state index in [0.29, 0.717) is 12.8 Å². The van der Waals surface area contributed by atoms with E-state index in [1.807, 2.05) is 30.3 Å². The van der Waals surface area contributed by atoms with Gasteiger partial charge in [-0.25, -0.2) is 0 Å². The van der Waals surface area contributed by atoms with Gasteiger partial charge in [0.1, 0.15) is 6.04 Å². The Labute approximate surface area is 121 Å². The van der Waals surface area contributed by atoms with Gasteiger partial charge in [0, 0.05) is 19.0 Å². The third kappa shape index (κ3) is 4.20. The number of likely N-dealkylation sites (tertiary alicyclic amines) is 1. The Morgan fingerprint density at radius 3 is 2.52 bits per heavy atom. The van der Waals surface area contributed by atoms with Crippen LogP contribution in [0.1, 0.15) is 24.8 Å². The molecule has 1 aromatic carbocycles. The highest BCUT2D eigenvalue weighted by molar-refractivity contribution is 5.77. The van der Waals surface area contributed by atoms with Crippen LogP contribution in [0.5, 0.6) is 0 Å². The summed E-state index contributed by atoms with van der Waals surface area (Å²) in [6.07, 6.45) is -3.68. The molecule has 2 rings (SSSR count). The zero-order valence-electron chi connectivity index (χ0n) is 11.6. The Balaban J connectivity index is 2.00. The average Bonchev–Trinajstić information content (AvgIpc) is 2.44. The highest BCUT2D eigenvalue weighted by atomic mass is 19.4. The summed E-state index contributed by atoms with van der Waals surface area (Å²) in [6.45, 7) is -0.0161. The predicted molar refractivity (Wildman–Crippen MR) is 73.5 cm³/mol. The van der Waals surface area contributed by atoms with Crippen molar-refractivity contribution >= 4 is 5.91 Å². The lowest BCUT2D eigenvalue weighted by Gasteiger charge is -2.39. The van der Waals surface area contributed by atoms with Gasteiger partial charge in [-0.2, -0.15) is 13.2 Å². The molecule has 1 aromatic rings. The van der Waals surface area contributed by atoms with Gasteiger partial charge in [0.05, 0.1) is 0 Å². The number of hydrogen-bond donors (Lipinski definition) is 1. The van der Waals surface area contributed by atoms with Gasteiger partial charge in [-0.3, -0.25) is 4.79 Å². The average molecular weight is 300 g/mol. The molecule has 3 nitrogen and oxygen atoms in total. The molecule has 0 bridgehead atoms. The summed E-state index contributed by atoms with van der Waals surface area (Å²) in [5.74, 6) is -0.476. The highest BCUT2D eigenvalue weighted by Crippen LogP contribution is 2.32. The van der Waals surface area contributed by atoms with Gasteiger partial charge < -0.3 is 10.6 Å². The first-order chi connectivity index (χ1) is 9.88. The van der Waals surface area contributed by atoms with E-state index < -0.39 is 18.1 Å². The quantitative estimate of drug-likeness (QED) is 0.932. The van der Waals surface area contributed by atoms with Crippen molar-refractivity contribution < 1.29 is 18.0 Å². The number of nitrogens with two attached hydrogens (primary N) is 1. The van der Waals surface area contributed by atoms with E-state index in [9.17, 15) is 18.0 Å². The molecule has 0 spiro atoms. The summed E-state index contributed by atoms with van der Waals surface area (Å²) in [6, 6.07) is 7.19. The predicted octanol–water partition coefficient (Wildman–Crippen LogP) is 2.50. The van der Waals surface area contributed by atoms with Crippen molar-refractivity contribution in [3.63, 3.8) is 0 Å². The molecule has 0 unspecified atom stereocenters. The number of carbonyl (C=O) groups is 1. The smallest absolute Gasteiger partial charge is 0.329 e. The number of nitrogens with zero attached hydrogens (tertiary/aromatic N) is 1. The van der Waals surface area contributed by atoms with E-state index >= 15 is 0 Å². The molecule has 116 valence electrons. The van der Waals surface area contributed by atoms with Gasteiger partial charge in [-0.1, -0.05) is 30.3 Å². The summed E-state index contributed by atoms with van der Waals surface area (Å²) in [4.78, 5) is 13.1. The lowest BCUT2D eigenvalue weighted by Crippen LogP contribution is -2.56. The van der Waals surface area contributed by atoms with Crippen LogP contribution in [0.3, 0.4) is 0 Å². The zero-order chi connectivity index (χ0) is 15.5. The van der Waals surface area contributed by atoms with Gasteiger partial charge in [-0.05, 0) is 24.8 Å². The molecule has 2 atom stereocenters. The molecule has 1 saturated heterocycles. The number of amides is 1. The van der Waals surface area contributed by atoms with Crippen LogP contribution in [0.2, 0.25) is 0 Å². The van der Waals surface area contributed by atoms with Gasteiger partial charge in [0.2, 0.25) is 5.91 Å². The van der Waals surface area contributed by atoms with E-state index in [4.69, 9.17) is 5.73 Å². The van der Waals surface area contributed by atoms with Crippen molar-refractivity contribution in [2.45, 2.75) is 43.9 Å². The van der Waals surface area contributed by atoms with Gasteiger partial charge in [-0.15, -0.1) is 0 Å². The van der Waals surface area contributed by atoms with Crippen molar-refractivity contribution in [1.29, 1.82) is 0 Å². The molecule has 1 heterocycles. The Bertz CT molecular complexity index is 476. The Morgan fingerprint density at radius 1 is 1.24 bits per heavy atom. The fraction of sp³-hybridized carbons (Fsp3) is 0.533. The molecule has 0 saturated carbocycles. The SMILES string of the molecule is N[C@@H]1CC[C@@H](C(F)(F)F)N(C(=O)CCc2ccccc2)C1. The van der Waals surface area contributed by atoms with E-state index in [1.165, 1.54) is 0 Å². The number of piperidine rings is 1. The maximum Gasteiger partial charge on any atom is 0.408 e. The zero-order valence-corrected chi connectivity index (χ0v) is 11.6. The Hall–Kier alpha value is -1.56. The first-order valence-corrected chi connectivity index (χ1v) is 7.03. The third-order valence-electron chi connectivity index (χ3n) is 3.79. The Morgan fingerprint density at radius 2 is 1.90 bits per heavy atom. The molecule has 1 amide bonds. The molecular formula is C15H19F3N2O. The van der Waals surface area contributed by atoms with E-state index in [0.717, 1.165) is 10.5 Å². The number of alkyl halides is 3. The van der Waals surface area contributed by atoms with Crippen LogP contribution < -0.4 is 5.73 Å². The monoisotopic (exact) mass is 300 g/mol. The number of halogens is 3. The second-order valence-corrected chi connectivity index (χ2v) is 5.43. The second kappa shape index (κ2) is 6.47. The van der Waals surface area contributed by atoms with Crippen LogP contribution >= 0.6 is 0 Å². The topological polar surface area (TPSA) is 46.3 Å². The van der Waals surface area contributed by atoms with Gasteiger partial charge in [0.25, 0.3) is 0 Å². The fourth-order valence-corrected chi connectivity index (χ4v) is 2.65. The van der Waals surface area contributed by atoms with Crippen LogP contribution in [-0.4, -0.2) is 35.6 Å². The second-order valence-electron chi connectivity index (χ2n) is 5.43. The lowest BCUT2D eigenvalue weighted by atomic mass is 9.97. The minimum Gasteiger partial charge on any atom is -0.329 e. The molecule has 21 heavy (non-hydrogen) atoms. The maximum absolute atomic E-state index is 13.0. The summed E-state index contributed by atoms with van der Waals surface area (Å²) < 4.78 is 39.0. The summed E-state index contributed by atoms with van der Waals surface area (Å²) >= 11 is 0. The summed E-state index contributed by atoms with van der Waals surface area (Å²) in [5, 5.41) is 0. The number of carbonyl (C=O) groups excluding carboxylic acids is 1. The molecular weight excluding hydrogens is 281 g/mol. The van der Waals surface area contributed by atoms with Crippen molar-refractivity contribution in [1.82, 2.24) is 4.90 Å². The molecule has 0 aliphatic carbocycles. The molecule has 0 radical (unpaired) electrons. The Kier molecular flexibility index (Phi) is 4.88. The first-order valence-electron chi connectivity index (χ1n) is 7.03. The molecule has 1 fully saturated rings. The maximum atomic E-state index is 13.0. The minimum atomic E-state index is -4.39. The largest absolute Gasteiger partial charge is 0.408 e. The minimum absolute atomic E-state index is 0.0161. The first kappa shape index (κ1) is 15.8. The molecule has 0 aromatic heterocycles. The van der Waals surface area contributed by atoms with Crippen LogP contribution in [0.25, 0.3) is 0 Å². The third-order valence-corrected chi connectivity index (χ3v) is 3.79. The van der Waals surface area contributed by atoms with Crippen molar-refractivity contribution in [3.05, 3.63) is 35.9 Å². The van der Waals surface area contributed by atoms with Crippen molar-refractivity contribution in [2.24, 2.45) is 5.73 Å². The van der Waals surface area contributed by atoms with E-state index in [2.05, 4.69) is 0 Å². The number of aryl methyl sites for hydroxylation is 1. The van der Waals surface area contributed by atoms with Crippen LogP contribution in [0.15, 0.2) is 30.3 Å². The number of hydrogen-bond acceptors (Lipinski definition) is 2. The standard InChI is InChI=1S/C15H19F3N2O/c16-15(17,18)13-8-7-12(19)10-20(13)14(21)9-6-11-4-2-1-3-5-11/h1-5,12-13H,6-10,19H2/t12-,13+/m1/s1. The van der Waals surface area contributed by atoms with Crippen molar-refractivity contribution in [2.75, 3.05) is 6.54 Å². The van der Waals surface area contributed by atoms with Crippen LogP contribution in [0.4, 0.5) is 13.2 Å². The normalized spacial score (nSPS) is 23.1. The lowest BCUT2D eigenvalue weighted by molar-refractivity contribution is -0.196. The summed E-state index contributed by atoms with van der Waals surface area (Å²) in [7, 11) is 0. The molecule has 1 aliphatic rings. The van der Waals surface area contributed by atoms with Gasteiger partial charge >= 0.3 is 6.18 Å². The molecule has 2 N–H and O–H groups in total. The van der Waals surface area contributed by atoms with Crippen molar-refractivity contribution in [3.8, 4) is 0 Å². The molecule has 6 heteroatoms. The van der Waals surface area contributed by atoms with Crippen LogP contribution in [-0.2, 0) is 11.2 Å². The van der Waals surface area contributed by atoms with Gasteiger partial charge in [0.15, 0.2) is 0 Å². The van der Waals surface area contributed by atoms with Crippen LogP contribution in [0, 0.1) is 0 Å². The number of benzene rings is 1.